The molecule has 0 spiro atoms. The van der Waals surface area contributed by atoms with E-state index in [2.05, 4.69) is 27.5 Å². The van der Waals surface area contributed by atoms with Crippen molar-refractivity contribution in [1.29, 1.82) is 0 Å². The van der Waals surface area contributed by atoms with E-state index >= 15 is 0 Å². The van der Waals surface area contributed by atoms with Gasteiger partial charge < -0.3 is 16.4 Å². The Morgan fingerprint density at radius 2 is 2.25 bits per heavy atom. The summed E-state index contributed by atoms with van der Waals surface area (Å²) in [5.41, 5.74) is 5.43. The molecule has 2 saturated heterocycles. The molecule has 0 aromatic carbocycles. The second-order valence-electron chi connectivity index (χ2n) is 6.20. The lowest BCUT2D eigenvalue weighted by Gasteiger charge is -2.21. The van der Waals surface area contributed by atoms with Crippen LogP contribution < -0.4 is 16.4 Å². The van der Waals surface area contributed by atoms with Gasteiger partial charge in [-0.2, -0.15) is 0 Å². The lowest BCUT2D eigenvalue weighted by molar-refractivity contribution is -0.112. The van der Waals surface area contributed by atoms with Crippen molar-refractivity contribution in [2.75, 3.05) is 0 Å². The third-order valence-electron chi connectivity index (χ3n) is 4.56. The molecule has 4 heterocycles. The van der Waals surface area contributed by atoms with Crippen molar-refractivity contribution >= 4 is 33.2 Å². The molecule has 2 fully saturated rings. The van der Waals surface area contributed by atoms with Gasteiger partial charge >= 0.3 is 0 Å². The molecule has 7 heteroatoms. The quantitative estimate of drug-likeness (QED) is 0.703. The zero-order valence-electron chi connectivity index (χ0n) is 12.8. The number of hydrogen-bond acceptors (Lipinski definition) is 5. The van der Waals surface area contributed by atoms with Gasteiger partial charge in [-0.05, 0) is 37.3 Å². The first-order valence-electron chi connectivity index (χ1n) is 7.86. The van der Waals surface area contributed by atoms with E-state index in [0.29, 0.717) is 17.8 Å². The van der Waals surface area contributed by atoms with Gasteiger partial charge in [0.1, 0.15) is 5.69 Å². The van der Waals surface area contributed by atoms with Crippen LogP contribution in [0.5, 0.6) is 0 Å². The molecular weight excluding hydrogens is 324 g/mol. The van der Waals surface area contributed by atoms with Crippen molar-refractivity contribution in [3.63, 3.8) is 0 Å². The molecule has 4 N–H and O–H groups in total. The highest BCUT2D eigenvalue weighted by atomic mass is 32.1. The minimum absolute atomic E-state index is 0.144. The lowest BCUT2D eigenvalue weighted by atomic mass is 9.95. The van der Waals surface area contributed by atoms with Crippen LogP contribution in [0.25, 0.3) is 10.1 Å². The average molecular weight is 340 g/mol. The topological polar surface area (TPSA) is 97.1 Å². The molecule has 0 aliphatic carbocycles. The van der Waals surface area contributed by atoms with E-state index in [0.717, 1.165) is 27.8 Å². The van der Waals surface area contributed by atoms with Gasteiger partial charge in [-0.15, -0.1) is 11.3 Å². The van der Waals surface area contributed by atoms with Gasteiger partial charge in [0, 0.05) is 40.3 Å². The molecule has 2 aromatic heterocycles. The Hall–Kier alpha value is -2.43. The summed E-state index contributed by atoms with van der Waals surface area (Å²) < 4.78 is 0.912. The molecule has 122 valence electrons. The number of pyridine rings is 1. The smallest absolute Gasteiger partial charge is 0.293 e. The van der Waals surface area contributed by atoms with E-state index in [4.69, 9.17) is 5.73 Å². The number of fused-ring (bicyclic) bond motifs is 3. The SMILES string of the molecule is NC(=O)C#Cc1cc2cnc(C(=O)N[C@@H]3C[C@H]4CC[C@@H]3N4)cc2s1. The number of carbonyl (C=O) groups excluding carboxylic acids is 2. The summed E-state index contributed by atoms with van der Waals surface area (Å²) in [6.45, 7) is 0. The third-order valence-corrected chi connectivity index (χ3v) is 5.57. The molecular formula is C17H16N4O2S. The highest BCUT2D eigenvalue weighted by Gasteiger charge is 2.39. The molecule has 2 aromatic rings. The largest absolute Gasteiger partial charge is 0.359 e. The average Bonchev–Trinajstić information content (AvgIpc) is 3.26. The number of aromatic nitrogens is 1. The maximum Gasteiger partial charge on any atom is 0.293 e. The first-order valence-corrected chi connectivity index (χ1v) is 8.68. The molecule has 0 unspecified atom stereocenters. The van der Waals surface area contributed by atoms with E-state index in [-0.39, 0.29) is 11.9 Å². The molecule has 24 heavy (non-hydrogen) atoms. The van der Waals surface area contributed by atoms with Gasteiger partial charge in [0.25, 0.3) is 11.8 Å². The maximum absolute atomic E-state index is 12.5. The fourth-order valence-corrected chi connectivity index (χ4v) is 4.39. The number of nitrogens with zero attached hydrogens (tertiary/aromatic N) is 1. The zero-order valence-corrected chi connectivity index (χ0v) is 13.7. The summed E-state index contributed by atoms with van der Waals surface area (Å²) in [4.78, 5) is 28.2. The van der Waals surface area contributed by atoms with Crippen LogP contribution in [0, 0.1) is 11.8 Å². The normalized spacial score (nSPS) is 24.6. The summed E-state index contributed by atoms with van der Waals surface area (Å²) >= 11 is 1.41. The molecule has 6 nitrogen and oxygen atoms in total. The standard InChI is InChI=1S/C17H16N4O2S/c18-16(22)4-2-11-5-9-8-19-14(7-15(9)24-11)17(23)21-13-6-10-1-3-12(13)20-10/h5,7-8,10,12-13,20H,1,3,6H2,(H2,18,22)(H,21,23)/t10-,12+,13-/m1/s1. The van der Waals surface area contributed by atoms with Crippen molar-refractivity contribution in [2.24, 2.45) is 5.73 Å². The summed E-state index contributed by atoms with van der Waals surface area (Å²) in [6.07, 6.45) is 4.97. The van der Waals surface area contributed by atoms with Crippen LogP contribution in [0.3, 0.4) is 0 Å². The number of hydrogen-bond donors (Lipinski definition) is 3. The highest BCUT2D eigenvalue weighted by molar-refractivity contribution is 7.19. The first-order chi connectivity index (χ1) is 11.6. The second kappa shape index (κ2) is 5.89. The van der Waals surface area contributed by atoms with Crippen molar-refractivity contribution in [2.45, 2.75) is 37.4 Å². The minimum atomic E-state index is -0.662. The number of rotatable bonds is 2. The molecule has 2 aliphatic heterocycles. The molecule has 0 radical (unpaired) electrons. The number of nitrogens with one attached hydrogen (secondary N) is 2. The van der Waals surface area contributed by atoms with E-state index < -0.39 is 5.91 Å². The van der Waals surface area contributed by atoms with E-state index in [1.165, 1.54) is 17.8 Å². The van der Waals surface area contributed by atoms with Crippen LogP contribution in [0.15, 0.2) is 18.3 Å². The number of nitrogens with two attached hydrogens (primary N) is 1. The van der Waals surface area contributed by atoms with Crippen LogP contribution in [0.2, 0.25) is 0 Å². The number of primary amides is 1. The summed E-state index contributed by atoms with van der Waals surface area (Å²) in [5.74, 6) is 4.23. The van der Waals surface area contributed by atoms with Crippen LogP contribution in [0.4, 0.5) is 0 Å². The fraction of sp³-hybridized carbons (Fsp3) is 0.353. The van der Waals surface area contributed by atoms with Crippen LogP contribution in [-0.2, 0) is 4.79 Å². The predicted molar refractivity (Wildman–Crippen MR) is 91.5 cm³/mol. The number of thiophene rings is 1. The van der Waals surface area contributed by atoms with Crippen LogP contribution in [-0.4, -0.2) is 34.9 Å². The monoisotopic (exact) mass is 340 g/mol. The summed E-state index contributed by atoms with van der Waals surface area (Å²) in [5, 5.41) is 7.49. The van der Waals surface area contributed by atoms with Crippen molar-refractivity contribution in [3.8, 4) is 11.8 Å². The lowest BCUT2D eigenvalue weighted by Crippen LogP contribution is -2.43. The second-order valence-corrected chi connectivity index (χ2v) is 7.28. The first kappa shape index (κ1) is 15.1. The van der Waals surface area contributed by atoms with Crippen molar-refractivity contribution < 1.29 is 9.59 Å². The van der Waals surface area contributed by atoms with Gasteiger partial charge in [-0.1, -0.05) is 0 Å². The Kier molecular flexibility index (Phi) is 3.71. The Morgan fingerprint density at radius 1 is 1.38 bits per heavy atom. The molecule has 4 rings (SSSR count). The van der Waals surface area contributed by atoms with Crippen molar-refractivity contribution in [1.82, 2.24) is 15.6 Å². The Labute approximate surface area is 142 Å². The van der Waals surface area contributed by atoms with E-state index in [1.807, 2.05) is 6.07 Å². The molecule has 3 atom stereocenters. The van der Waals surface area contributed by atoms with Gasteiger partial charge in [-0.25, -0.2) is 0 Å². The maximum atomic E-state index is 12.5. The molecule has 0 saturated carbocycles. The summed E-state index contributed by atoms with van der Waals surface area (Å²) in [7, 11) is 0. The molecule has 2 aliphatic rings. The van der Waals surface area contributed by atoms with E-state index in [9.17, 15) is 9.59 Å². The van der Waals surface area contributed by atoms with Gasteiger partial charge in [-0.3, -0.25) is 14.6 Å². The van der Waals surface area contributed by atoms with Gasteiger partial charge in [0.15, 0.2) is 0 Å². The minimum Gasteiger partial charge on any atom is -0.359 e. The van der Waals surface area contributed by atoms with Gasteiger partial charge in [0.05, 0.1) is 4.88 Å². The third kappa shape index (κ3) is 2.86. The van der Waals surface area contributed by atoms with E-state index in [1.54, 1.807) is 12.3 Å². The molecule has 2 bridgehead atoms. The zero-order chi connectivity index (χ0) is 16.7. The van der Waals surface area contributed by atoms with Crippen LogP contribution in [0.1, 0.15) is 34.6 Å². The number of carbonyl (C=O) groups is 2. The predicted octanol–water partition coefficient (Wildman–Crippen LogP) is 0.756. The Bertz CT molecular complexity index is 895. The Morgan fingerprint density at radius 3 is 2.96 bits per heavy atom. The molecule has 2 amide bonds. The summed E-state index contributed by atoms with van der Waals surface area (Å²) in [6, 6.07) is 4.73. The van der Waals surface area contributed by atoms with Crippen molar-refractivity contribution in [3.05, 3.63) is 28.9 Å². The Balaban J connectivity index is 1.53. The fourth-order valence-electron chi connectivity index (χ4n) is 3.47. The highest BCUT2D eigenvalue weighted by Crippen LogP contribution is 2.29. The van der Waals surface area contributed by atoms with Gasteiger partial charge in [0.2, 0.25) is 0 Å². The van der Waals surface area contributed by atoms with Crippen LogP contribution >= 0.6 is 11.3 Å². The number of amides is 2.